The van der Waals surface area contributed by atoms with Crippen molar-refractivity contribution in [3.8, 4) is 0 Å². The van der Waals surface area contributed by atoms with Crippen LogP contribution in [0.1, 0.15) is 26.2 Å². The molecule has 1 heteroatoms. The van der Waals surface area contributed by atoms with Gasteiger partial charge >= 0.3 is 0 Å². The first-order valence-corrected chi connectivity index (χ1v) is 4.14. The molecule has 2 bridgehead atoms. The van der Waals surface area contributed by atoms with Gasteiger partial charge < -0.3 is 4.90 Å². The Hall–Kier alpha value is -0.0400. The molecular formula is C8H15N. The molecule has 0 spiro atoms. The first-order valence-electron chi connectivity index (χ1n) is 4.14. The fraction of sp³-hybridized carbons (Fsp3) is 1.00. The summed E-state index contributed by atoms with van der Waals surface area (Å²) in [5, 5.41) is 0. The second kappa shape index (κ2) is 1.98. The molecule has 2 heterocycles. The molecule has 1 nitrogen and oxygen atoms in total. The monoisotopic (exact) mass is 125 g/mol. The summed E-state index contributed by atoms with van der Waals surface area (Å²) in [5.74, 6) is 1.08. The van der Waals surface area contributed by atoms with E-state index in [0.29, 0.717) is 0 Å². The summed E-state index contributed by atoms with van der Waals surface area (Å²) >= 11 is 0. The summed E-state index contributed by atoms with van der Waals surface area (Å²) in [5.41, 5.74) is 0. The molecule has 2 rings (SSSR count). The highest BCUT2D eigenvalue weighted by Gasteiger charge is 2.35. The molecule has 0 aliphatic carbocycles. The van der Waals surface area contributed by atoms with Gasteiger partial charge in [0.15, 0.2) is 0 Å². The smallest absolute Gasteiger partial charge is 0.00958 e. The molecule has 0 N–H and O–H groups in total. The van der Waals surface area contributed by atoms with Crippen LogP contribution < -0.4 is 0 Å². The summed E-state index contributed by atoms with van der Waals surface area (Å²) in [6.07, 6.45) is 4.35. The number of hydrogen-bond acceptors (Lipinski definition) is 1. The average Bonchev–Trinajstić information content (AvgIpc) is 2.45. The Morgan fingerprint density at radius 1 is 1.56 bits per heavy atom. The largest absolute Gasteiger partial charge is 0.300 e. The Labute approximate surface area is 57.0 Å². The molecule has 0 radical (unpaired) electrons. The van der Waals surface area contributed by atoms with Crippen LogP contribution in [0.3, 0.4) is 0 Å². The number of nitrogens with zero attached hydrogens (tertiary/aromatic N) is 1. The lowest BCUT2D eigenvalue weighted by molar-refractivity contribution is 0.255. The van der Waals surface area contributed by atoms with Gasteiger partial charge in [0.2, 0.25) is 0 Å². The van der Waals surface area contributed by atoms with E-state index in [-0.39, 0.29) is 0 Å². The van der Waals surface area contributed by atoms with Crippen molar-refractivity contribution in [2.24, 2.45) is 5.92 Å². The van der Waals surface area contributed by atoms with Gasteiger partial charge in [0.1, 0.15) is 0 Å². The van der Waals surface area contributed by atoms with Crippen molar-refractivity contribution in [3.63, 3.8) is 0 Å². The van der Waals surface area contributed by atoms with E-state index in [0.717, 1.165) is 12.0 Å². The Balaban J connectivity index is 2.01. The molecule has 3 unspecified atom stereocenters. The van der Waals surface area contributed by atoms with Crippen LogP contribution >= 0.6 is 0 Å². The SMILES string of the molecule is CCC1CC2CCN1C2. The molecular weight excluding hydrogens is 110 g/mol. The number of rotatable bonds is 1. The quantitative estimate of drug-likeness (QED) is 0.513. The summed E-state index contributed by atoms with van der Waals surface area (Å²) in [6.45, 7) is 5.12. The predicted molar refractivity (Wildman–Crippen MR) is 38.4 cm³/mol. The summed E-state index contributed by atoms with van der Waals surface area (Å²) < 4.78 is 0. The topological polar surface area (TPSA) is 3.24 Å². The minimum absolute atomic E-state index is 0.962. The van der Waals surface area contributed by atoms with E-state index in [4.69, 9.17) is 0 Å². The van der Waals surface area contributed by atoms with E-state index in [1.807, 2.05) is 0 Å². The van der Waals surface area contributed by atoms with Gasteiger partial charge in [0.05, 0.1) is 0 Å². The molecule has 0 aromatic rings. The second-order valence-electron chi connectivity index (χ2n) is 3.45. The van der Waals surface area contributed by atoms with Crippen molar-refractivity contribution in [3.05, 3.63) is 0 Å². The molecule has 2 saturated heterocycles. The number of fused-ring (bicyclic) bond motifs is 2. The maximum Gasteiger partial charge on any atom is 0.00958 e. The average molecular weight is 125 g/mol. The van der Waals surface area contributed by atoms with Crippen LogP contribution in [0.2, 0.25) is 0 Å². The van der Waals surface area contributed by atoms with Crippen LogP contribution in [0, 0.1) is 5.92 Å². The van der Waals surface area contributed by atoms with Gasteiger partial charge in [-0.05, 0) is 31.7 Å². The molecule has 2 aliphatic heterocycles. The molecule has 0 aromatic heterocycles. The predicted octanol–water partition coefficient (Wildman–Crippen LogP) is 1.49. The van der Waals surface area contributed by atoms with Crippen molar-refractivity contribution < 1.29 is 0 Å². The van der Waals surface area contributed by atoms with E-state index in [1.165, 1.54) is 32.4 Å². The number of hydrogen-bond donors (Lipinski definition) is 0. The van der Waals surface area contributed by atoms with Gasteiger partial charge in [-0.15, -0.1) is 0 Å². The van der Waals surface area contributed by atoms with Crippen LogP contribution in [-0.2, 0) is 0 Å². The van der Waals surface area contributed by atoms with E-state index in [2.05, 4.69) is 11.8 Å². The second-order valence-corrected chi connectivity index (χ2v) is 3.45. The van der Waals surface area contributed by atoms with Crippen molar-refractivity contribution >= 4 is 0 Å². The minimum atomic E-state index is 0.962. The summed E-state index contributed by atoms with van der Waals surface area (Å²) in [6, 6.07) is 0.962. The van der Waals surface area contributed by atoms with Gasteiger partial charge in [-0.3, -0.25) is 0 Å². The number of piperidine rings is 1. The molecule has 9 heavy (non-hydrogen) atoms. The molecule has 0 amide bonds. The van der Waals surface area contributed by atoms with Crippen molar-refractivity contribution in [1.29, 1.82) is 0 Å². The highest BCUT2D eigenvalue weighted by molar-refractivity contribution is 4.90. The van der Waals surface area contributed by atoms with Gasteiger partial charge in [0, 0.05) is 12.6 Å². The zero-order valence-corrected chi connectivity index (χ0v) is 6.14. The standard InChI is InChI=1S/C8H15N/c1-2-8-5-7-3-4-9(8)6-7/h7-8H,2-6H2,1H3. The zero-order chi connectivity index (χ0) is 6.27. The van der Waals surface area contributed by atoms with E-state index < -0.39 is 0 Å². The van der Waals surface area contributed by atoms with Crippen molar-refractivity contribution in [2.45, 2.75) is 32.2 Å². The van der Waals surface area contributed by atoms with Gasteiger partial charge in [-0.1, -0.05) is 6.92 Å². The molecule has 52 valence electrons. The van der Waals surface area contributed by atoms with Gasteiger partial charge in [-0.25, -0.2) is 0 Å². The summed E-state index contributed by atoms with van der Waals surface area (Å²) in [7, 11) is 0. The van der Waals surface area contributed by atoms with Gasteiger partial charge in [0.25, 0.3) is 0 Å². The van der Waals surface area contributed by atoms with Crippen LogP contribution in [-0.4, -0.2) is 24.0 Å². The normalized spacial score (nSPS) is 48.3. The van der Waals surface area contributed by atoms with Crippen molar-refractivity contribution in [1.82, 2.24) is 4.90 Å². The third-order valence-electron chi connectivity index (χ3n) is 2.91. The van der Waals surface area contributed by atoms with E-state index in [1.54, 1.807) is 0 Å². The van der Waals surface area contributed by atoms with Crippen molar-refractivity contribution in [2.75, 3.05) is 13.1 Å². The van der Waals surface area contributed by atoms with Crippen LogP contribution in [0.25, 0.3) is 0 Å². The van der Waals surface area contributed by atoms with E-state index >= 15 is 0 Å². The highest BCUT2D eigenvalue weighted by Crippen LogP contribution is 2.33. The fourth-order valence-electron chi connectivity index (χ4n) is 2.35. The van der Waals surface area contributed by atoms with E-state index in [9.17, 15) is 0 Å². The molecule has 0 aromatic carbocycles. The maximum absolute atomic E-state index is 2.66. The first-order chi connectivity index (χ1) is 4.40. The lowest BCUT2D eigenvalue weighted by Gasteiger charge is -2.22. The van der Waals surface area contributed by atoms with Crippen LogP contribution in [0.15, 0.2) is 0 Å². The summed E-state index contributed by atoms with van der Waals surface area (Å²) in [4.78, 5) is 2.66. The minimum Gasteiger partial charge on any atom is -0.300 e. The molecule has 2 fully saturated rings. The lowest BCUT2D eigenvalue weighted by atomic mass is 9.99. The van der Waals surface area contributed by atoms with Crippen LogP contribution in [0.5, 0.6) is 0 Å². The molecule has 0 saturated carbocycles. The maximum atomic E-state index is 2.66. The Morgan fingerprint density at radius 2 is 2.44 bits per heavy atom. The third kappa shape index (κ3) is 0.787. The fourth-order valence-corrected chi connectivity index (χ4v) is 2.35. The van der Waals surface area contributed by atoms with Gasteiger partial charge in [-0.2, -0.15) is 0 Å². The molecule has 3 atom stereocenters. The zero-order valence-electron chi connectivity index (χ0n) is 6.14. The Bertz CT molecular complexity index is 111. The highest BCUT2D eigenvalue weighted by atomic mass is 15.2. The van der Waals surface area contributed by atoms with Crippen LogP contribution in [0.4, 0.5) is 0 Å². The Morgan fingerprint density at radius 3 is 2.78 bits per heavy atom. The Kier molecular flexibility index (Phi) is 1.26. The third-order valence-corrected chi connectivity index (χ3v) is 2.91. The lowest BCUT2D eigenvalue weighted by Crippen LogP contribution is -2.28. The molecule has 2 aliphatic rings. The first kappa shape index (κ1) is 5.72.